The number of carbonyl (C=O) groups excluding carboxylic acids is 2. The fraction of sp³-hybridized carbons (Fsp3) is 0.391. The fourth-order valence-electron chi connectivity index (χ4n) is 3.20. The largest absolute Gasteiger partial charge is 0.495 e. The van der Waals surface area contributed by atoms with Gasteiger partial charge in [0, 0.05) is 13.0 Å². The van der Waals surface area contributed by atoms with E-state index in [1.54, 1.807) is 24.1 Å². The highest BCUT2D eigenvalue weighted by atomic mass is 16.5. The summed E-state index contributed by atoms with van der Waals surface area (Å²) in [6, 6.07) is 13.5. The van der Waals surface area contributed by atoms with Crippen molar-refractivity contribution in [2.75, 3.05) is 25.5 Å². The standard InChI is InChI=1S/C23H30N2O3/c1-5-14-25(16-22(26)24-20-8-6-7-9-21(20)28-4)23(27)13-12-19-11-10-17(2)15-18(19)3/h6-11,15H,5,12-14,16H2,1-4H3,(H,24,26). The Morgan fingerprint density at radius 2 is 1.86 bits per heavy atom. The van der Waals surface area contributed by atoms with E-state index in [4.69, 9.17) is 4.74 Å². The summed E-state index contributed by atoms with van der Waals surface area (Å²) >= 11 is 0. The number of aryl methyl sites for hydroxylation is 3. The number of para-hydroxylation sites is 2. The minimum absolute atomic E-state index is 0.00278. The number of methoxy groups -OCH3 is 1. The summed E-state index contributed by atoms with van der Waals surface area (Å²) in [5.74, 6) is 0.369. The second-order valence-corrected chi connectivity index (χ2v) is 6.99. The molecule has 0 saturated carbocycles. The molecule has 0 fully saturated rings. The van der Waals surface area contributed by atoms with Crippen LogP contribution >= 0.6 is 0 Å². The number of ether oxygens (including phenoxy) is 1. The lowest BCUT2D eigenvalue weighted by atomic mass is 10.0. The van der Waals surface area contributed by atoms with Crippen LogP contribution in [0, 0.1) is 13.8 Å². The Labute approximate surface area is 167 Å². The van der Waals surface area contributed by atoms with Crippen molar-refractivity contribution in [3.63, 3.8) is 0 Å². The number of hydrogen-bond acceptors (Lipinski definition) is 3. The van der Waals surface area contributed by atoms with Crippen LogP contribution in [0.3, 0.4) is 0 Å². The van der Waals surface area contributed by atoms with Gasteiger partial charge in [-0.1, -0.05) is 42.8 Å². The van der Waals surface area contributed by atoms with Gasteiger partial charge in [0.05, 0.1) is 19.3 Å². The van der Waals surface area contributed by atoms with Crippen LogP contribution in [-0.2, 0) is 16.0 Å². The Balaban J connectivity index is 1.97. The van der Waals surface area contributed by atoms with Crippen LogP contribution in [0.5, 0.6) is 5.75 Å². The Morgan fingerprint density at radius 1 is 1.11 bits per heavy atom. The molecule has 0 radical (unpaired) electrons. The lowest BCUT2D eigenvalue weighted by Gasteiger charge is -2.22. The molecule has 0 atom stereocenters. The van der Waals surface area contributed by atoms with Gasteiger partial charge in [0.15, 0.2) is 0 Å². The van der Waals surface area contributed by atoms with E-state index >= 15 is 0 Å². The van der Waals surface area contributed by atoms with Crippen LogP contribution in [-0.4, -0.2) is 36.9 Å². The lowest BCUT2D eigenvalue weighted by molar-refractivity contribution is -0.134. The SMILES string of the molecule is CCCN(CC(=O)Nc1ccccc1OC)C(=O)CCc1ccc(C)cc1C. The van der Waals surface area contributed by atoms with E-state index in [1.165, 1.54) is 16.7 Å². The van der Waals surface area contributed by atoms with E-state index in [9.17, 15) is 9.59 Å². The number of benzene rings is 2. The van der Waals surface area contributed by atoms with Gasteiger partial charge in [-0.25, -0.2) is 0 Å². The van der Waals surface area contributed by atoms with E-state index in [0.717, 1.165) is 6.42 Å². The van der Waals surface area contributed by atoms with Crippen molar-refractivity contribution in [1.29, 1.82) is 0 Å². The summed E-state index contributed by atoms with van der Waals surface area (Å²) < 4.78 is 5.26. The Morgan fingerprint density at radius 3 is 2.54 bits per heavy atom. The van der Waals surface area contributed by atoms with Crippen molar-refractivity contribution in [3.8, 4) is 5.75 Å². The van der Waals surface area contributed by atoms with E-state index in [-0.39, 0.29) is 18.4 Å². The molecule has 5 heteroatoms. The lowest BCUT2D eigenvalue weighted by Crippen LogP contribution is -2.38. The summed E-state index contributed by atoms with van der Waals surface area (Å²) in [5, 5.41) is 2.84. The van der Waals surface area contributed by atoms with Gasteiger partial charge in [0.25, 0.3) is 0 Å². The third kappa shape index (κ3) is 6.12. The minimum Gasteiger partial charge on any atom is -0.495 e. The van der Waals surface area contributed by atoms with Gasteiger partial charge in [-0.3, -0.25) is 9.59 Å². The van der Waals surface area contributed by atoms with Crippen LogP contribution in [0.4, 0.5) is 5.69 Å². The van der Waals surface area contributed by atoms with Gasteiger partial charge in [0.2, 0.25) is 11.8 Å². The monoisotopic (exact) mass is 382 g/mol. The highest BCUT2D eigenvalue weighted by Crippen LogP contribution is 2.23. The number of nitrogens with zero attached hydrogens (tertiary/aromatic N) is 1. The average Bonchev–Trinajstić information content (AvgIpc) is 2.67. The molecule has 0 unspecified atom stereocenters. The molecular weight excluding hydrogens is 352 g/mol. The van der Waals surface area contributed by atoms with E-state index in [0.29, 0.717) is 30.8 Å². The van der Waals surface area contributed by atoms with Crippen LogP contribution in [0.25, 0.3) is 0 Å². The molecule has 2 amide bonds. The molecule has 0 aliphatic carbocycles. The molecule has 28 heavy (non-hydrogen) atoms. The van der Waals surface area contributed by atoms with Gasteiger partial charge < -0.3 is 15.0 Å². The zero-order valence-electron chi connectivity index (χ0n) is 17.2. The molecule has 2 aromatic rings. The third-order valence-electron chi connectivity index (χ3n) is 4.67. The van der Waals surface area contributed by atoms with Crippen LogP contribution in [0.15, 0.2) is 42.5 Å². The van der Waals surface area contributed by atoms with E-state index < -0.39 is 0 Å². The maximum atomic E-state index is 12.7. The first-order chi connectivity index (χ1) is 13.4. The number of hydrogen-bond donors (Lipinski definition) is 1. The molecule has 1 N–H and O–H groups in total. The first-order valence-electron chi connectivity index (χ1n) is 9.71. The minimum atomic E-state index is -0.224. The predicted octanol–water partition coefficient (Wildman–Crippen LogP) is 4.12. The van der Waals surface area contributed by atoms with Gasteiger partial charge in [0.1, 0.15) is 5.75 Å². The van der Waals surface area contributed by atoms with Crippen molar-refractivity contribution in [1.82, 2.24) is 4.90 Å². The van der Waals surface area contributed by atoms with E-state index in [2.05, 4.69) is 37.4 Å². The molecule has 0 aromatic heterocycles. The summed E-state index contributed by atoms with van der Waals surface area (Å²) in [5.41, 5.74) is 4.19. The average molecular weight is 383 g/mol. The van der Waals surface area contributed by atoms with Crippen molar-refractivity contribution in [3.05, 3.63) is 59.2 Å². The molecule has 5 nitrogen and oxygen atoms in total. The number of nitrogens with one attached hydrogen (secondary N) is 1. The molecule has 0 bridgehead atoms. The van der Waals surface area contributed by atoms with Crippen molar-refractivity contribution < 1.29 is 14.3 Å². The summed E-state index contributed by atoms with van der Waals surface area (Å²) in [6.07, 6.45) is 1.88. The molecule has 2 rings (SSSR count). The van der Waals surface area contributed by atoms with Crippen LogP contribution in [0.1, 0.15) is 36.5 Å². The normalized spacial score (nSPS) is 10.4. The molecule has 0 heterocycles. The molecule has 2 aromatic carbocycles. The number of carbonyl (C=O) groups is 2. The Hall–Kier alpha value is -2.82. The molecule has 0 spiro atoms. The quantitative estimate of drug-likeness (QED) is 0.710. The number of anilines is 1. The fourth-order valence-corrected chi connectivity index (χ4v) is 3.20. The van der Waals surface area contributed by atoms with Crippen molar-refractivity contribution in [2.45, 2.75) is 40.0 Å². The zero-order valence-corrected chi connectivity index (χ0v) is 17.2. The van der Waals surface area contributed by atoms with Crippen LogP contribution in [0.2, 0.25) is 0 Å². The first-order valence-corrected chi connectivity index (χ1v) is 9.71. The summed E-state index contributed by atoms with van der Waals surface area (Å²) in [6.45, 7) is 6.73. The van der Waals surface area contributed by atoms with Crippen molar-refractivity contribution in [2.24, 2.45) is 0 Å². The molecule has 150 valence electrons. The second-order valence-electron chi connectivity index (χ2n) is 6.99. The summed E-state index contributed by atoms with van der Waals surface area (Å²) in [4.78, 5) is 26.8. The number of amides is 2. The third-order valence-corrected chi connectivity index (χ3v) is 4.67. The highest BCUT2D eigenvalue weighted by Gasteiger charge is 2.17. The molecule has 0 aliphatic rings. The molecular formula is C23H30N2O3. The van der Waals surface area contributed by atoms with Gasteiger partial charge in [-0.15, -0.1) is 0 Å². The van der Waals surface area contributed by atoms with Gasteiger partial charge in [-0.05, 0) is 49.9 Å². The number of rotatable bonds is 9. The predicted molar refractivity (Wildman–Crippen MR) is 113 cm³/mol. The highest BCUT2D eigenvalue weighted by molar-refractivity contribution is 5.95. The maximum absolute atomic E-state index is 12.7. The first kappa shape index (κ1) is 21.5. The Kier molecular flexibility index (Phi) is 8.05. The topological polar surface area (TPSA) is 58.6 Å². The maximum Gasteiger partial charge on any atom is 0.244 e. The summed E-state index contributed by atoms with van der Waals surface area (Å²) in [7, 11) is 1.56. The zero-order chi connectivity index (χ0) is 20.5. The Bertz CT molecular complexity index is 817. The van der Waals surface area contributed by atoms with E-state index in [1.807, 2.05) is 19.1 Å². The van der Waals surface area contributed by atoms with Gasteiger partial charge in [-0.2, -0.15) is 0 Å². The van der Waals surface area contributed by atoms with Crippen molar-refractivity contribution >= 4 is 17.5 Å². The second kappa shape index (κ2) is 10.5. The molecule has 0 saturated heterocycles. The molecule has 0 aliphatic heterocycles. The van der Waals surface area contributed by atoms with Gasteiger partial charge >= 0.3 is 0 Å². The van der Waals surface area contributed by atoms with Crippen LogP contribution < -0.4 is 10.1 Å². The smallest absolute Gasteiger partial charge is 0.244 e.